The van der Waals surface area contributed by atoms with Crippen molar-refractivity contribution in [1.82, 2.24) is 4.57 Å². The SMILES string of the molecule is COC(=O)C1=C(N)Oc2cc(C)n(C[C@H]3CCCO3)c(=O)c2[C@@H]1c1ccc(OC)c(OC)c1. The van der Waals surface area contributed by atoms with E-state index in [0.717, 1.165) is 18.5 Å². The fourth-order valence-corrected chi connectivity index (χ4v) is 4.48. The van der Waals surface area contributed by atoms with Gasteiger partial charge in [-0.05, 0) is 37.5 Å². The molecule has 1 fully saturated rings. The normalized spacial score (nSPS) is 19.6. The lowest BCUT2D eigenvalue weighted by atomic mass is 9.83. The molecule has 0 aliphatic carbocycles. The molecule has 1 saturated heterocycles. The van der Waals surface area contributed by atoms with Crippen LogP contribution in [-0.2, 0) is 20.8 Å². The van der Waals surface area contributed by atoms with E-state index < -0.39 is 11.9 Å². The van der Waals surface area contributed by atoms with Crippen molar-refractivity contribution >= 4 is 5.97 Å². The third-order valence-corrected chi connectivity index (χ3v) is 6.13. The highest BCUT2D eigenvalue weighted by atomic mass is 16.5. The van der Waals surface area contributed by atoms with Crippen molar-refractivity contribution < 1.29 is 28.5 Å². The predicted molar refractivity (Wildman–Crippen MR) is 120 cm³/mol. The van der Waals surface area contributed by atoms with Crippen LogP contribution < -0.4 is 25.5 Å². The lowest BCUT2D eigenvalue weighted by molar-refractivity contribution is -0.136. The number of nitrogens with zero attached hydrogens (tertiary/aromatic N) is 1. The van der Waals surface area contributed by atoms with E-state index in [1.54, 1.807) is 28.8 Å². The van der Waals surface area contributed by atoms with Crippen LogP contribution in [0.3, 0.4) is 0 Å². The molecule has 9 nitrogen and oxygen atoms in total. The van der Waals surface area contributed by atoms with Gasteiger partial charge in [-0.25, -0.2) is 4.79 Å². The summed E-state index contributed by atoms with van der Waals surface area (Å²) < 4.78 is 29.0. The second kappa shape index (κ2) is 9.19. The average molecular weight is 456 g/mol. The van der Waals surface area contributed by atoms with Gasteiger partial charge in [0.15, 0.2) is 11.5 Å². The van der Waals surface area contributed by atoms with Crippen molar-refractivity contribution in [2.45, 2.75) is 38.3 Å². The highest BCUT2D eigenvalue weighted by molar-refractivity contribution is 5.92. The van der Waals surface area contributed by atoms with Crippen LogP contribution in [-0.4, -0.2) is 44.6 Å². The van der Waals surface area contributed by atoms with Crippen LogP contribution in [0.1, 0.15) is 35.6 Å². The van der Waals surface area contributed by atoms with Gasteiger partial charge < -0.3 is 34.0 Å². The van der Waals surface area contributed by atoms with Crippen LogP contribution in [0.5, 0.6) is 17.2 Å². The summed E-state index contributed by atoms with van der Waals surface area (Å²) in [6.45, 7) is 2.94. The van der Waals surface area contributed by atoms with Gasteiger partial charge in [-0.3, -0.25) is 4.79 Å². The molecule has 0 unspecified atom stereocenters. The Bertz CT molecular complexity index is 1160. The van der Waals surface area contributed by atoms with Crippen molar-refractivity contribution in [3.63, 3.8) is 0 Å². The van der Waals surface area contributed by atoms with Crippen LogP contribution in [0.25, 0.3) is 0 Å². The number of hydrogen-bond donors (Lipinski definition) is 1. The maximum atomic E-state index is 13.8. The Morgan fingerprint density at radius 2 is 1.94 bits per heavy atom. The van der Waals surface area contributed by atoms with Gasteiger partial charge in [-0.1, -0.05) is 6.07 Å². The number of carbonyl (C=O) groups excluding carboxylic acids is 1. The minimum atomic E-state index is -0.815. The molecule has 1 aromatic heterocycles. The van der Waals surface area contributed by atoms with Gasteiger partial charge in [-0.2, -0.15) is 0 Å². The summed E-state index contributed by atoms with van der Waals surface area (Å²) in [5.41, 5.74) is 7.59. The van der Waals surface area contributed by atoms with Crippen molar-refractivity contribution in [3.8, 4) is 17.2 Å². The largest absolute Gasteiger partial charge is 0.493 e. The smallest absolute Gasteiger partial charge is 0.340 e. The number of aromatic nitrogens is 1. The van der Waals surface area contributed by atoms with E-state index in [4.69, 9.17) is 29.4 Å². The molecule has 1 aromatic carbocycles. The lowest BCUT2D eigenvalue weighted by Gasteiger charge is -2.29. The number of carbonyl (C=O) groups is 1. The molecule has 2 aliphatic rings. The molecule has 176 valence electrons. The second-order valence-electron chi connectivity index (χ2n) is 8.03. The number of ether oxygens (including phenoxy) is 5. The first kappa shape index (κ1) is 22.7. The molecule has 0 radical (unpaired) electrons. The number of esters is 1. The second-order valence-corrected chi connectivity index (χ2v) is 8.03. The first-order chi connectivity index (χ1) is 15.9. The zero-order valence-electron chi connectivity index (χ0n) is 19.2. The summed E-state index contributed by atoms with van der Waals surface area (Å²) in [5.74, 6) is -0.313. The zero-order chi connectivity index (χ0) is 23.7. The molecule has 33 heavy (non-hydrogen) atoms. The van der Waals surface area contributed by atoms with Crippen molar-refractivity contribution in [2.24, 2.45) is 5.73 Å². The molecule has 3 heterocycles. The Morgan fingerprint density at radius 1 is 1.18 bits per heavy atom. The zero-order valence-corrected chi connectivity index (χ0v) is 19.2. The van der Waals surface area contributed by atoms with Crippen molar-refractivity contribution in [2.75, 3.05) is 27.9 Å². The standard InChI is InChI=1S/C24H28N2O7/c1-13-10-18-20(23(27)26(13)12-15-6-5-9-32-15)19(21(22(25)33-18)24(28)31-4)14-7-8-16(29-2)17(11-14)30-3/h7-8,10-11,15,19H,5-6,9,12,25H2,1-4H3/t15-,19+/m1/s1. The van der Waals surface area contributed by atoms with Gasteiger partial charge >= 0.3 is 5.97 Å². The Kier molecular flexibility index (Phi) is 6.33. The maximum absolute atomic E-state index is 13.8. The highest BCUT2D eigenvalue weighted by Crippen LogP contribution is 2.43. The molecule has 9 heteroatoms. The maximum Gasteiger partial charge on any atom is 0.340 e. The van der Waals surface area contributed by atoms with E-state index in [0.29, 0.717) is 41.5 Å². The van der Waals surface area contributed by atoms with E-state index in [1.165, 1.54) is 21.3 Å². The number of pyridine rings is 1. The number of hydrogen-bond acceptors (Lipinski definition) is 8. The fraction of sp³-hybridized carbons (Fsp3) is 0.417. The molecule has 0 saturated carbocycles. The Labute approximate surface area is 191 Å². The quantitative estimate of drug-likeness (QED) is 0.659. The molecular formula is C24H28N2O7. The summed E-state index contributed by atoms with van der Waals surface area (Å²) in [5, 5.41) is 0. The third-order valence-electron chi connectivity index (χ3n) is 6.13. The molecule has 2 aliphatic heterocycles. The Morgan fingerprint density at radius 3 is 2.58 bits per heavy atom. The highest BCUT2D eigenvalue weighted by Gasteiger charge is 2.39. The monoisotopic (exact) mass is 456 g/mol. The van der Waals surface area contributed by atoms with E-state index in [2.05, 4.69) is 0 Å². The average Bonchev–Trinajstić information content (AvgIpc) is 3.33. The first-order valence-electron chi connectivity index (χ1n) is 10.7. The van der Waals surface area contributed by atoms with E-state index in [1.807, 2.05) is 6.92 Å². The van der Waals surface area contributed by atoms with Gasteiger partial charge in [0.1, 0.15) is 11.3 Å². The Hall–Kier alpha value is -3.46. The Balaban J connectivity index is 1.93. The summed E-state index contributed by atoms with van der Waals surface area (Å²) in [6, 6.07) is 6.97. The molecule has 2 atom stereocenters. The van der Waals surface area contributed by atoms with E-state index in [-0.39, 0.29) is 23.1 Å². The molecular weight excluding hydrogens is 428 g/mol. The number of benzene rings is 1. The predicted octanol–water partition coefficient (Wildman–Crippen LogP) is 2.22. The van der Waals surface area contributed by atoms with Gasteiger partial charge in [0, 0.05) is 18.4 Å². The van der Waals surface area contributed by atoms with Crippen molar-refractivity contribution in [3.05, 3.63) is 62.9 Å². The number of methoxy groups -OCH3 is 3. The number of aryl methyl sites for hydroxylation is 1. The van der Waals surface area contributed by atoms with E-state index in [9.17, 15) is 9.59 Å². The summed E-state index contributed by atoms with van der Waals surface area (Å²) >= 11 is 0. The van der Waals surface area contributed by atoms with Crippen LogP contribution >= 0.6 is 0 Å². The first-order valence-corrected chi connectivity index (χ1v) is 10.7. The summed E-state index contributed by atoms with van der Waals surface area (Å²) in [6.07, 6.45) is 1.81. The molecule has 0 amide bonds. The third kappa shape index (κ3) is 4.04. The van der Waals surface area contributed by atoms with Gasteiger partial charge in [0.25, 0.3) is 5.56 Å². The topological polar surface area (TPSA) is 111 Å². The van der Waals surface area contributed by atoms with Crippen LogP contribution in [0, 0.1) is 6.92 Å². The molecule has 0 bridgehead atoms. The molecule has 0 spiro atoms. The van der Waals surface area contributed by atoms with E-state index >= 15 is 0 Å². The lowest BCUT2D eigenvalue weighted by Crippen LogP contribution is -2.36. The minimum absolute atomic E-state index is 0.0378. The van der Waals surface area contributed by atoms with Gasteiger partial charge in [-0.15, -0.1) is 0 Å². The fourth-order valence-electron chi connectivity index (χ4n) is 4.48. The molecule has 2 aromatic rings. The summed E-state index contributed by atoms with van der Waals surface area (Å²) in [4.78, 5) is 26.6. The minimum Gasteiger partial charge on any atom is -0.493 e. The molecule has 4 rings (SSSR count). The number of fused-ring (bicyclic) bond motifs is 1. The number of rotatable bonds is 6. The number of nitrogens with two attached hydrogens (primary N) is 1. The van der Waals surface area contributed by atoms with Gasteiger partial charge in [0.2, 0.25) is 5.88 Å². The molecule has 2 N–H and O–H groups in total. The summed E-state index contributed by atoms with van der Waals surface area (Å²) in [7, 11) is 4.31. The van der Waals surface area contributed by atoms with Crippen molar-refractivity contribution in [1.29, 1.82) is 0 Å². The van der Waals surface area contributed by atoms with Crippen LogP contribution in [0.4, 0.5) is 0 Å². The van der Waals surface area contributed by atoms with Crippen LogP contribution in [0.2, 0.25) is 0 Å². The van der Waals surface area contributed by atoms with Crippen LogP contribution in [0.15, 0.2) is 40.5 Å². The van der Waals surface area contributed by atoms with Gasteiger partial charge in [0.05, 0.1) is 45.5 Å².